The summed E-state index contributed by atoms with van der Waals surface area (Å²) in [5.74, 6) is 0. The third kappa shape index (κ3) is 11.6. The molecule has 0 rings (SSSR count). The van der Waals surface area contributed by atoms with Gasteiger partial charge in [-0.05, 0) is 12.8 Å². The van der Waals surface area contributed by atoms with E-state index in [-0.39, 0.29) is 0 Å². The van der Waals surface area contributed by atoms with Gasteiger partial charge in [0.15, 0.2) is 0 Å². The van der Waals surface area contributed by atoms with Crippen molar-refractivity contribution in [1.29, 1.82) is 0 Å². The monoisotopic (exact) mass is 296 g/mol. The van der Waals surface area contributed by atoms with Gasteiger partial charge in [0.25, 0.3) is 0 Å². The zero-order valence-electron chi connectivity index (χ0n) is 13.2. The molecule has 0 saturated carbocycles. The molecule has 6 heteroatoms. The molecule has 0 amide bonds. The third-order valence-corrected chi connectivity index (χ3v) is 4.00. The second-order valence-electron chi connectivity index (χ2n) is 5.67. The van der Waals surface area contributed by atoms with Gasteiger partial charge >= 0.3 is 7.82 Å². The Morgan fingerprint density at radius 3 is 1.63 bits per heavy atom. The van der Waals surface area contributed by atoms with E-state index in [9.17, 15) is 4.57 Å². The van der Waals surface area contributed by atoms with Crippen LogP contribution < -0.4 is 0 Å². The van der Waals surface area contributed by atoms with Crippen LogP contribution in [0.2, 0.25) is 0 Å². The van der Waals surface area contributed by atoms with Gasteiger partial charge < -0.3 is 4.48 Å². The minimum atomic E-state index is -3.37. The molecule has 0 atom stereocenters. The van der Waals surface area contributed by atoms with E-state index >= 15 is 0 Å². The van der Waals surface area contributed by atoms with Crippen molar-refractivity contribution in [1.82, 2.24) is 0 Å². The largest absolute Gasteiger partial charge is 0.474 e. The first kappa shape index (κ1) is 19.1. The average molecular weight is 296 g/mol. The summed E-state index contributed by atoms with van der Waals surface area (Å²) in [5, 5.41) is 0. The van der Waals surface area contributed by atoms with Crippen molar-refractivity contribution in [2.75, 3.05) is 47.5 Å². The van der Waals surface area contributed by atoms with Crippen LogP contribution in [-0.2, 0) is 18.1 Å². The number of phosphoric ester groups is 1. The van der Waals surface area contributed by atoms with Crippen molar-refractivity contribution >= 4 is 7.82 Å². The average Bonchev–Trinajstić information content (AvgIpc) is 2.28. The van der Waals surface area contributed by atoms with Crippen LogP contribution >= 0.6 is 7.82 Å². The Morgan fingerprint density at radius 1 is 0.842 bits per heavy atom. The minimum Gasteiger partial charge on any atom is -0.329 e. The Morgan fingerprint density at radius 2 is 1.26 bits per heavy atom. The highest BCUT2D eigenvalue weighted by atomic mass is 31.2. The zero-order chi connectivity index (χ0) is 14.8. The summed E-state index contributed by atoms with van der Waals surface area (Å²) in [6.07, 6.45) is 3.71. The van der Waals surface area contributed by atoms with Crippen LogP contribution in [0.5, 0.6) is 0 Å². The summed E-state index contributed by atoms with van der Waals surface area (Å²) in [4.78, 5) is 0. The molecule has 19 heavy (non-hydrogen) atoms. The van der Waals surface area contributed by atoms with Crippen LogP contribution in [0, 0.1) is 0 Å². The van der Waals surface area contributed by atoms with E-state index in [1.165, 1.54) is 0 Å². The Hall–Kier alpha value is 0.0700. The lowest BCUT2D eigenvalue weighted by atomic mass is 10.4. The van der Waals surface area contributed by atoms with Crippen LogP contribution in [-0.4, -0.2) is 52.0 Å². The summed E-state index contributed by atoms with van der Waals surface area (Å²) in [7, 11) is 2.80. The molecular weight excluding hydrogens is 265 g/mol. The lowest BCUT2D eigenvalue weighted by Crippen LogP contribution is -2.37. The van der Waals surface area contributed by atoms with E-state index in [0.717, 1.165) is 36.7 Å². The summed E-state index contributed by atoms with van der Waals surface area (Å²) < 4.78 is 29.2. The summed E-state index contributed by atoms with van der Waals surface area (Å²) in [6, 6.07) is 0. The number of unbranched alkanes of at least 4 members (excludes halogenated alkanes) is 2. The lowest BCUT2D eigenvalue weighted by Gasteiger charge is -2.25. The Balaban J connectivity index is 4.19. The van der Waals surface area contributed by atoms with E-state index in [1.54, 1.807) is 0 Å². The molecule has 0 aromatic carbocycles. The van der Waals surface area contributed by atoms with E-state index < -0.39 is 7.82 Å². The van der Waals surface area contributed by atoms with E-state index in [2.05, 4.69) is 35.0 Å². The quantitative estimate of drug-likeness (QED) is 0.314. The first-order chi connectivity index (χ1) is 8.83. The van der Waals surface area contributed by atoms with Gasteiger partial charge in [-0.1, -0.05) is 26.7 Å². The Kier molecular flexibility index (Phi) is 9.93. The third-order valence-electron chi connectivity index (χ3n) is 2.51. The van der Waals surface area contributed by atoms with E-state index in [4.69, 9.17) is 13.6 Å². The highest BCUT2D eigenvalue weighted by Crippen LogP contribution is 2.49. The van der Waals surface area contributed by atoms with Crippen LogP contribution in [0.1, 0.15) is 39.5 Å². The molecule has 0 unspecified atom stereocenters. The summed E-state index contributed by atoms with van der Waals surface area (Å²) in [6.45, 7) is 6.10. The number of hydrogen-bond donors (Lipinski definition) is 0. The molecule has 0 aliphatic carbocycles. The van der Waals surface area contributed by atoms with Crippen LogP contribution in [0.4, 0.5) is 0 Å². The fraction of sp³-hybridized carbons (Fsp3) is 1.00. The summed E-state index contributed by atoms with van der Waals surface area (Å²) >= 11 is 0. The normalized spacial score (nSPS) is 12.9. The maximum atomic E-state index is 12.4. The number of nitrogens with zero attached hydrogens (tertiary/aromatic N) is 1. The standard InChI is InChI=1S/C13H31NO4P/c1-6-8-11-16-19(15,17-12-9-7-2)18-13-10-14(3,4)5/h6-13H2,1-5H3/q+1. The smallest absolute Gasteiger partial charge is 0.329 e. The molecule has 0 aliphatic rings. The van der Waals surface area contributed by atoms with Crippen molar-refractivity contribution in [3.8, 4) is 0 Å². The van der Waals surface area contributed by atoms with E-state index in [1.807, 2.05) is 0 Å². The van der Waals surface area contributed by atoms with Crippen LogP contribution in [0.25, 0.3) is 0 Å². The fourth-order valence-corrected chi connectivity index (χ4v) is 2.41. The molecule has 0 N–H and O–H groups in total. The van der Waals surface area contributed by atoms with Gasteiger partial charge in [0, 0.05) is 0 Å². The van der Waals surface area contributed by atoms with Crippen molar-refractivity contribution in [3.05, 3.63) is 0 Å². The molecule has 0 aliphatic heterocycles. The molecule has 0 saturated heterocycles. The van der Waals surface area contributed by atoms with Crippen molar-refractivity contribution in [2.45, 2.75) is 39.5 Å². The van der Waals surface area contributed by atoms with Gasteiger partial charge in [0.05, 0.1) is 34.4 Å². The lowest BCUT2D eigenvalue weighted by molar-refractivity contribution is -0.870. The first-order valence-corrected chi connectivity index (χ1v) is 8.63. The zero-order valence-corrected chi connectivity index (χ0v) is 14.1. The molecule has 0 fully saturated rings. The van der Waals surface area contributed by atoms with Gasteiger partial charge in [0.1, 0.15) is 13.2 Å². The maximum absolute atomic E-state index is 12.4. The molecule has 0 spiro atoms. The molecule has 0 heterocycles. The number of rotatable bonds is 12. The Labute approximate surface area is 118 Å². The highest BCUT2D eigenvalue weighted by molar-refractivity contribution is 7.48. The van der Waals surface area contributed by atoms with Gasteiger partial charge in [-0.25, -0.2) is 4.57 Å². The van der Waals surface area contributed by atoms with Crippen LogP contribution in [0.3, 0.4) is 0 Å². The van der Waals surface area contributed by atoms with Gasteiger partial charge in [0.2, 0.25) is 0 Å². The highest BCUT2D eigenvalue weighted by Gasteiger charge is 2.27. The van der Waals surface area contributed by atoms with E-state index in [0.29, 0.717) is 19.8 Å². The van der Waals surface area contributed by atoms with Gasteiger partial charge in [-0.2, -0.15) is 0 Å². The number of hydrogen-bond acceptors (Lipinski definition) is 4. The molecule has 5 nitrogen and oxygen atoms in total. The molecular formula is C13H31NO4P+. The summed E-state index contributed by atoms with van der Waals surface area (Å²) in [5.41, 5.74) is 0. The number of quaternary nitrogens is 1. The molecule has 116 valence electrons. The topological polar surface area (TPSA) is 44.8 Å². The molecule has 0 aromatic rings. The fourth-order valence-electron chi connectivity index (χ4n) is 1.18. The van der Waals surface area contributed by atoms with Crippen molar-refractivity contribution < 1.29 is 22.6 Å². The van der Waals surface area contributed by atoms with Crippen LogP contribution in [0.15, 0.2) is 0 Å². The minimum absolute atomic E-state index is 0.374. The SMILES string of the molecule is CCCCOP(=O)(OCCCC)OCC[N+](C)(C)C. The molecule has 0 aromatic heterocycles. The molecule has 0 radical (unpaired) electrons. The first-order valence-electron chi connectivity index (χ1n) is 7.17. The predicted molar refractivity (Wildman–Crippen MR) is 78.2 cm³/mol. The number of likely N-dealkylation sites (N-methyl/N-ethyl adjacent to an activating group) is 1. The van der Waals surface area contributed by atoms with Crippen molar-refractivity contribution in [2.24, 2.45) is 0 Å². The number of phosphoric acid groups is 1. The second-order valence-corrected chi connectivity index (χ2v) is 7.34. The molecule has 0 bridgehead atoms. The second kappa shape index (κ2) is 9.89. The van der Waals surface area contributed by atoms with Gasteiger partial charge in [-0.15, -0.1) is 0 Å². The predicted octanol–water partition coefficient (Wildman–Crippen LogP) is 3.45. The Bertz CT molecular complexity index is 252. The van der Waals surface area contributed by atoms with Crippen molar-refractivity contribution in [3.63, 3.8) is 0 Å². The maximum Gasteiger partial charge on any atom is 0.474 e. The van der Waals surface area contributed by atoms with Gasteiger partial charge in [-0.3, -0.25) is 13.6 Å².